The van der Waals surface area contributed by atoms with Gasteiger partial charge in [0.25, 0.3) is 0 Å². The van der Waals surface area contributed by atoms with Crippen LogP contribution in [-0.2, 0) is 0 Å². The van der Waals surface area contributed by atoms with Crippen molar-refractivity contribution in [3.63, 3.8) is 0 Å². The zero-order valence-corrected chi connectivity index (χ0v) is 64.0. The summed E-state index contributed by atoms with van der Waals surface area (Å²) in [5.74, 6) is 3.87. The maximum absolute atomic E-state index is 9.43. The molecule has 2 N–H and O–H groups in total. The van der Waals surface area contributed by atoms with Gasteiger partial charge in [0.15, 0.2) is 34.9 Å². The fourth-order valence-corrected chi connectivity index (χ4v) is 16.5. The average Bonchev–Trinajstić information content (AvgIpc) is 1.61. The van der Waals surface area contributed by atoms with E-state index in [4.69, 9.17) is 29.9 Å². The summed E-state index contributed by atoms with van der Waals surface area (Å²) in [6.45, 7) is 0. The van der Waals surface area contributed by atoms with Crippen LogP contribution in [0, 0.1) is 0 Å². The average molecular weight is 1560 g/mol. The van der Waals surface area contributed by atoms with Crippen LogP contribution in [0.4, 0.5) is 0 Å². The molecular weight excluding hydrogens is 1490 g/mol. The Morgan fingerprint density at radius 1 is 0.190 bits per heavy atom. The van der Waals surface area contributed by atoms with E-state index in [1.807, 2.05) is 164 Å². The van der Waals surface area contributed by atoms with Crippen molar-refractivity contribution >= 4 is 116 Å². The van der Waals surface area contributed by atoms with Crippen molar-refractivity contribution in [2.45, 2.75) is 0 Å². The first-order valence-corrected chi connectivity index (χ1v) is 39.3. The molecule has 16 aromatic carbocycles. The molecule has 548 valence electrons. The van der Waals surface area contributed by atoms with Gasteiger partial charge in [-0.15, -0.1) is 0 Å². The number of hydrogen-bond acceptors (Lipinski definition) is 8. The second kappa shape index (κ2) is 30.4. The smallest absolute Gasteiger partial charge is 0.423 e. The number of aromatic nitrogens is 10. The summed E-state index contributed by atoms with van der Waals surface area (Å²) < 4.78 is 10.3. The number of nitrogens with zero attached hydrogens (tertiary/aromatic N) is 10. The molecule has 116 heavy (non-hydrogen) atoms. The van der Waals surface area contributed by atoms with Gasteiger partial charge in [-0.05, 0) is 138 Å². The molecule has 0 spiro atoms. The highest BCUT2D eigenvalue weighted by atomic mass is 79.9. The number of rotatable bonds is 12. The Balaban J connectivity index is 0.000000124. The van der Waals surface area contributed by atoms with E-state index in [1.165, 1.54) is 54.5 Å². The molecule has 0 fully saturated rings. The third-order valence-electron chi connectivity index (χ3n) is 21.5. The van der Waals surface area contributed by atoms with Gasteiger partial charge in [0, 0.05) is 104 Å². The van der Waals surface area contributed by atoms with Crippen LogP contribution in [0.2, 0.25) is 0 Å². The van der Waals surface area contributed by atoms with Gasteiger partial charge in [0.05, 0.1) is 44.1 Å². The SMILES string of the molecule is Brc1ccc2c(c1)c1ccccc1n2-c1cccc(-c2nc(-c3ccccc3)nc(-c3ccccc3)n2)c1.OB(O)c1ccc2c(c1)c1ccccc1n2-c1ccccc1.c1ccc(-c2nc(-c3ccccc3)nc(-c3cccc(-n4c5ccccc5c5cc(-c6ccc7c(c6)c6ccccc6n7-c6ccccc6)ccc54)c3)n2)cc1. The fraction of sp³-hybridized carbons (Fsp3) is 0. The number of fused-ring (bicyclic) bond motifs is 12. The lowest BCUT2D eigenvalue weighted by molar-refractivity contribution is 0.426. The van der Waals surface area contributed by atoms with E-state index >= 15 is 0 Å². The van der Waals surface area contributed by atoms with E-state index < -0.39 is 7.12 Å². The summed E-state index contributed by atoms with van der Waals surface area (Å²) >= 11 is 3.65. The van der Waals surface area contributed by atoms with Crippen molar-refractivity contribution < 1.29 is 10.0 Å². The lowest BCUT2D eigenvalue weighted by atomic mass is 9.80. The van der Waals surface area contributed by atoms with Crippen molar-refractivity contribution in [3.05, 3.63) is 405 Å². The van der Waals surface area contributed by atoms with Gasteiger partial charge in [-0.3, -0.25) is 0 Å². The predicted octanol–water partition coefficient (Wildman–Crippen LogP) is 23.9. The van der Waals surface area contributed by atoms with Crippen molar-refractivity contribution in [2.75, 3.05) is 0 Å². The molecule has 22 rings (SSSR count). The van der Waals surface area contributed by atoms with Crippen molar-refractivity contribution in [2.24, 2.45) is 0 Å². The van der Waals surface area contributed by atoms with E-state index in [0.717, 1.165) is 104 Å². The summed E-state index contributed by atoms with van der Waals surface area (Å²) in [4.78, 5) is 29.6. The Hall–Kier alpha value is -14.8. The Morgan fingerprint density at radius 2 is 0.440 bits per heavy atom. The second-order valence-corrected chi connectivity index (χ2v) is 29.4. The zero-order chi connectivity index (χ0) is 77.6. The Bertz CT molecular complexity index is 7330. The number of benzene rings is 16. The third kappa shape index (κ3) is 13.2. The third-order valence-corrected chi connectivity index (χ3v) is 22.0. The van der Waals surface area contributed by atoms with Gasteiger partial charge < -0.3 is 28.3 Å². The van der Waals surface area contributed by atoms with Gasteiger partial charge >= 0.3 is 7.12 Å². The maximum Gasteiger partial charge on any atom is 0.488 e. The van der Waals surface area contributed by atoms with Crippen LogP contribution in [0.1, 0.15) is 0 Å². The van der Waals surface area contributed by atoms with Crippen LogP contribution in [0.5, 0.6) is 0 Å². The minimum absolute atomic E-state index is 0.503. The first-order chi connectivity index (χ1) is 57.3. The van der Waals surface area contributed by atoms with Gasteiger partial charge in [-0.25, -0.2) is 29.9 Å². The normalized spacial score (nSPS) is 11.4. The zero-order valence-electron chi connectivity index (χ0n) is 62.4. The van der Waals surface area contributed by atoms with Crippen molar-refractivity contribution in [3.8, 4) is 102 Å². The molecule has 14 heteroatoms. The molecule has 0 aliphatic carbocycles. The Kier molecular flexibility index (Phi) is 18.4. The summed E-state index contributed by atoms with van der Waals surface area (Å²) in [6, 6.07) is 138. The van der Waals surface area contributed by atoms with Crippen LogP contribution in [-0.4, -0.2) is 65.3 Å². The molecule has 6 heterocycles. The van der Waals surface area contributed by atoms with Crippen molar-refractivity contribution in [1.29, 1.82) is 0 Å². The van der Waals surface area contributed by atoms with Crippen molar-refractivity contribution in [1.82, 2.24) is 48.2 Å². The van der Waals surface area contributed by atoms with E-state index in [-0.39, 0.29) is 0 Å². The largest absolute Gasteiger partial charge is 0.488 e. The quantitative estimate of drug-likeness (QED) is 0.115. The summed E-state index contributed by atoms with van der Waals surface area (Å²) in [5, 5.41) is 28.3. The Labute approximate surface area is 676 Å². The first kappa shape index (κ1) is 70.3. The summed E-state index contributed by atoms with van der Waals surface area (Å²) in [5.41, 5.74) is 22.0. The number of hydrogen-bond donors (Lipinski definition) is 2. The van der Waals surface area contributed by atoms with E-state index in [9.17, 15) is 10.0 Å². The molecule has 0 amide bonds. The highest BCUT2D eigenvalue weighted by Gasteiger charge is 2.22. The lowest BCUT2D eigenvalue weighted by Gasteiger charge is -2.12. The molecule has 0 radical (unpaired) electrons. The summed E-state index contributed by atoms with van der Waals surface area (Å²) in [6.07, 6.45) is 0. The highest BCUT2D eigenvalue weighted by Crippen LogP contribution is 2.41. The molecule has 0 saturated heterocycles. The molecule has 6 aromatic heterocycles. The molecule has 0 saturated carbocycles. The van der Waals surface area contributed by atoms with Crippen LogP contribution in [0.3, 0.4) is 0 Å². The summed E-state index contributed by atoms with van der Waals surface area (Å²) in [7, 11) is -1.46. The van der Waals surface area contributed by atoms with E-state index in [2.05, 4.69) is 265 Å². The van der Waals surface area contributed by atoms with Crippen LogP contribution in [0.25, 0.3) is 189 Å². The molecule has 0 bridgehead atoms. The molecule has 0 aliphatic rings. The van der Waals surface area contributed by atoms with Gasteiger partial charge in [0.2, 0.25) is 0 Å². The van der Waals surface area contributed by atoms with Gasteiger partial charge in [0.1, 0.15) is 0 Å². The molecule has 0 atom stereocenters. The molecule has 0 aliphatic heterocycles. The molecule has 22 aromatic rings. The molecule has 12 nitrogen and oxygen atoms in total. The topological polar surface area (TPSA) is 138 Å². The van der Waals surface area contributed by atoms with Gasteiger partial charge in [-0.2, -0.15) is 0 Å². The maximum atomic E-state index is 9.43. The first-order valence-electron chi connectivity index (χ1n) is 38.5. The van der Waals surface area contributed by atoms with E-state index in [1.54, 1.807) is 6.07 Å². The fourth-order valence-electron chi connectivity index (χ4n) is 16.1. The minimum atomic E-state index is -1.46. The van der Waals surface area contributed by atoms with Crippen LogP contribution in [0.15, 0.2) is 405 Å². The standard InChI is InChI=1S/C51H33N5.C33H21BrN4.C18H14BNO2/c1-4-15-34(16-5-1)49-52-50(35-17-6-2-7-18-35)54-51(53-49)38-19-14-22-40(31-38)56-46-26-13-11-24-42(46)44-33-37(28-30-48(44)56)36-27-29-47-43(32-36)41-23-10-12-25-45(41)55(47)39-20-8-3-9-21-39;34-25-18-19-30-28(21-25)27-16-7-8-17-29(27)38(30)26-15-9-14-24(20-26)33-36-31(22-10-3-1-4-11-22)35-32(37-33)23-12-5-2-6-13-23;21-19(22)13-10-11-18-16(12-13)15-8-4-5-9-17(15)20(18)14-6-2-1-3-7-14/h1-33H;1-21H;1-12,21-22H. The van der Waals surface area contributed by atoms with Crippen LogP contribution >= 0.6 is 15.9 Å². The van der Waals surface area contributed by atoms with E-state index in [0.29, 0.717) is 40.4 Å². The van der Waals surface area contributed by atoms with Crippen LogP contribution < -0.4 is 5.46 Å². The second-order valence-electron chi connectivity index (χ2n) is 28.5. The number of halogens is 1. The molecule has 0 unspecified atom stereocenters. The van der Waals surface area contributed by atoms with Gasteiger partial charge in [-0.1, -0.05) is 295 Å². The predicted molar refractivity (Wildman–Crippen MR) is 479 cm³/mol. The Morgan fingerprint density at radius 3 is 0.784 bits per heavy atom. The minimum Gasteiger partial charge on any atom is -0.423 e. The molecular formula is C102H68BBrN10O2. The highest BCUT2D eigenvalue weighted by molar-refractivity contribution is 9.10. The lowest BCUT2D eigenvalue weighted by Crippen LogP contribution is -2.29. The monoisotopic (exact) mass is 1550 g/mol. The number of para-hydroxylation sites is 6.